The van der Waals surface area contributed by atoms with Crippen LogP contribution in [0.4, 0.5) is 0 Å². The topological polar surface area (TPSA) is 121 Å². The lowest BCUT2D eigenvalue weighted by Crippen LogP contribution is -2.27. The molecule has 7 heteroatoms. The van der Waals surface area contributed by atoms with Gasteiger partial charge in [0.25, 0.3) is 5.91 Å². The van der Waals surface area contributed by atoms with E-state index in [-0.39, 0.29) is 16.9 Å². The van der Waals surface area contributed by atoms with Crippen molar-refractivity contribution in [3.63, 3.8) is 0 Å². The van der Waals surface area contributed by atoms with Gasteiger partial charge in [-0.2, -0.15) is 10.5 Å². The fraction of sp³-hybridized carbons (Fsp3) is 0.250. The second-order valence-electron chi connectivity index (χ2n) is 5.97. The molecule has 0 aromatic heterocycles. The summed E-state index contributed by atoms with van der Waals surface area (Å²) in [7, 11) is 3.99. The molecule has 0 saturated carbocycles. The Balaban J connectivity index is 0.00000364. The first kappa shape index (κ1) is 21.7. The summed E-state index contributed by atoms with van der Waals surface area (Å²) in [5.41, 5.74) is 1.12. The number of hydrogen-bond acceptors (Lipinski definition) is 5. The van der Waals surface area contributed by atoms with Crippen LogP contribution in [0.1, 0.15) is 27.9 Å². The molecule has 0 radical (unpaired) electrons. The molecule has 0 aliphatic rings. The van der Waals surface area contributed by atoms with Gasteiger partial charge in [-0.25, -0.2) is 0 Å². The lowest BCUT2D eigenvalue weighted by molar-refractivity contribution is 0.0952. The number of rotatable bonds is 7. The van der Waals surface area contributed by atoms with Crippen molar-refractivity contribution >= 4 is 5.91 Å². The molecule has 2 aromatic rings. The van der Waals surface area contributed by atoms with Gasteiger partial charge in [0.2, 0.25) is 0 Å². The highest BCUT2D eigenvalue weighted by Crippen LogP contribution is 2.24. The van der Waals surface area contributed by atoms with Crippen LogP contribution in [0.5, 0.6) is 11.5 Å². The van der Waals surface area contributed by atoms with Crippen LogP contribution in [0, 0.1) is 22.7 Å². The summed E-state index contributed by atoms with van der Waals surface area (Å²) in [6.45, 7) is 1.54. The summed E-state index contributed by atoms with van der Waals surface area (Å²) in [6.07, 6.45) is 0.889. The molecule has 1 amide bonds. The maximum absolute atomic E-state index is 12.1. The summed E-state index contributed by atoms with van der Waals surface area (Å²) < 4.78 is 5.68. The third kappa shape index (κ3) is 6.44. The van der Waals surface area contributed by atoms with Crippen LogP contribution in [0.15, 0.2) is 42.5 Å². The molecular formula is C20H22N4O3. The maximum Gasteiger partial charge on any atom is 0.251 e. The van der Waals surface area contributed by atoms with E-state index in [9.17, 15) is 4.79 Å². The number of nitrogens with zero attached hydrogens (tertiary/aromatic N) is 3. The molecule has 7 nitrogen and oxygen atoms in total. The first-order chi connectivity index (χ1) is 12.5. The van der Waals surface area contributed by atoms with Gasteiger partial charge in [-0.15, -0.1) is 0 Å². The average molecular weight is 366 g/mol. The molecule has 0 heterocycles. The Morgan fingerprint density at radius 2 is 1.67 bits per heavy atom. The van der Waals surface area contributed by atoms with Gasteiger partial charge in [-0.3, -0.25) is 4.79 Å². The largest absolute Gasteiger partial charge is 0.457 e. The fourth-order valence-corrected chi connectivity index (χ4v) is 2.29. The Morgan fingerprint density at radius 1 is 1.04 bits per heavy atom. The quantitative estimate of drug-likeness (QED) is 0.752. The number of carbonyl (C=O) groups excluding carboxylic acids is 1. The minimum atomic E-state index is -0.125. The third-order valence-electron chi connectivity index (χ3n) is 3.65. The number of nitriles is 2. The minimum absolute atomic E-state index is 0. The molecule has 0 aliphatic heterocycles. The van der Waals surface area contributed by atoms with Gasteiger partial charge in [0.15, 0.2) is 0 Å². The first-order valence-corrected chi connectivity index (χ1v) is 8.18. The molecule has 2 aromatic carbocycles. The van der Waals surface area contributed by atoms with E-state index in [0.29, 0.717) is 29.2 Å². The molecule has 0 fully saturated rings. The third-order valence-corrected chi connectivity index (χ3v) is 3.65. The van der Waals surface area contributed by atoms with Gasteiger partial charge < -0.3 is 20.4 Å². The van der Waals surface area contributed by atoms with E-state index in [0.717, 1.165) is 13.0 Å². The highest BCUT2D eigenvalue weighted by molar-refractivity contribution is 5.94. The summed E-state index contributed by atoms with van der Waals surface area (Å²) in [5, 5.41) is 20.9. The normalized spacial score (nSPS) is 9.67. The SMILES string of the molecule is CN(C)CCCNC(=O)c1ccc(Oc2ccc(C#N)c(C#N)c2)cc1.O. The zero-order chi connectivity index (χ0) is 18.9. The smallest absolute Gasteiger partial charge is 0.251 e. The van der Waals surface area contributed by atoms with E-state index in [1.807, 2.05) is 26.2 Å². The molecular weight excluding hydrogens is 344 g/mol. The molecule has 0 unspecified atom stereocenters. The Bertz CT molecular complexity index is 849. The number of benzene rings is 2. The standard InChI is InChI=1S/C20H20N4O2.H2O/c1-24(2)11-3-10-23-20(25)15-4-7-18(8-5-15)26-19-9-6-16(13-21)17(12-19)14-22;/h4-9,12H,3,10-11H2,1-2H3,(H,23,25);1H2. The van der Waals surface area contributed by atoms with Crippen LogP contribution in [0.25, 0.3) is 0 Å². The monoisotopic (exact) mass is 366 g/mol. The van der Waals surface area contributed by atoms with Crippen molar-refractivity contribution in [1.29, 1.82) is 10.5 Å². The van der Waals surface area contributed by atoms with Crippen molar-refractivity contribution in [1.82, 2.24) is 10.2 Å². The van der Waals surface area contributed by atoms with E-state index < -0.39 is 0 Å². The number of nitrogens with one attached hydrogen (secondary N) is 1. The molecule has 2 rings (SSSR count). The molecule has 27 heavy (non-hydrogen) atoms. The number of hydrogen-bond donors (Lipinski definition) is 1. The Morgan fingerprint density at radius 3 is 2.26 bits per heavy atom. The number of ether oxygens (including phenoxy) is 1. The van der Waals surface area contributed by atoms with Gasteiger partial charge in [0.05, 0.1) is 11.1 Å². The summed E-state index contributed by atoms with van der Waals surface area (Å²) in [5.74, 6) is 0.879. The number of carbonyl (C=O) groups is 1. The van der Waals surface area contributed by atoms with Crippen LogP contribution < -0.4 is 10.1 Å². The van der Waals surface area contributed by atoms with E-state index >= 15 is 0 Å². The summed E-state index contributed by atoms with van der Waals surface area (Å²) >= 11 is 0. The zero-order valence-corrected chi connectivity index (χ0v) is 15.3. The van der Waals surface area contributed by atoms with Crippen LogP contribution in [-0.2, 0) is 0 Å². The van der Waals surface area contributed by atoms with Gasteiger partial charge >= 0.3 is 0 Å². The van der Waals surface area contributed by atoms with Crippen LogP contribution in [-0.4, -0.2) is 43.5 Å². The van der Waals surface area contributed by atoms with Crippen molar-refractivity contribution in [2.45, 2.75) is 6.42 Å². The predicted molar refractivity (Wildman–Crippen MR) is 102 cm³/mol. The summed E-state index contributed by atoms with van der Waals surface area (Å²) in [6, 6.07) is 15.4. The first-order valence-electron chi connectivity index (χ1n) is 8.18. The molecule has 0 spiro atoms. The fourth-order valence-electron chi connectivity index (χ4n) is 2.29. The molecule has 3 N–H and O–H groups in total. The van der Waals surface area contributed by atoms with Crippen molar-refractivity contribution in [3.05, 3.63) is 59.2 Å². The Kier molecular flexibility index (Phi) is 8.47. The maximum atomic E-state index is 12.1. The average Bonchev–Trinajstić information content (AvgIpc) is 2.65. The highest BCUT2D eigenvalue weighted by Gasteiger charge is 2.07. The molecule has 0 bridgehead atoms. The van der Waals surface area contributed by atoms with Crippen LogP contribution >= 0.6 is 0 Å². The van der Waals surface area contributed by atoms with Crippen molar-refractivity contribution in [2.75, 3.05) is 27.2 Å². The number of amides is 1. The second-order valence-corrected chi connectivity index (χ2v) is 5.97. The lowest BCUT2D eigenvalue weighted by Gasteiger charge is -2.10. The molecule has 0 aliphatic carbocycles. The molecule has 0 atom stereocenters. The highest BCUT2D eigenvalue weighted by atomic mass is 16.5. The van der Waals surface area contributed by atoms with E-state index in [2.05, 4.69) is 10.2 Å². The Hall–Kier alpha value is -3.39. The zero-order valence-electron chi connectivity index (χ0n) is 15.3. The van der Waals surface area contributed by atoms with E-state index in [4.69, 9.17) is 15.3 Å². The van der Waals surface area contributed by atoms with Gasteiger partial charge in [0, 0.05) is 12.1 Å². The lowest BCUT2D eigenvalue weighted by atomic mass is 10.1. The molecule has 0 saturated heterocycles. The minimum Gasteiger partial charge on any atom is -0.457 e. The van der Waals surface area contributed by atoms with Gasteiger partial charge in [-0.1, -0.05) is 0 Å². The van der Waals surface area contributed by atoms with Crippen LogP contribution in [0.2, 0.25) is 0 Å². The summed E-state index contributed by atoms with van der Waals surface area (Å²) in [4.78, 5) is 14.1. The predicted octanol–water partition coefficient (Wildman–Crippen LogP) is 2.08. The van der Waals surface area contributed by atoms with Crippen LogP contribution in [0.3, 0.4) is 0 Å². The van der Waals surface area contributed by atoms with Crippen molar-refractivity contribution in [3.8, 4) is 23.6 Å². The van der Waals surface area contributed by atoms with Crippen molar-refractivity contribution < 1.29 is 15.0 Å². The Labute approximate surface area is 158 Å². The second kappa shape index (κ2) is 10.6. The van der Waals surface area contributed by atoms with Crippen molar-refractivity contribution in [2.24, 2.45) is 0 Å². The van der Waals surface area contributed by atoms with E-state index in [1.165, 1.54) is 6.07 Å². The molecule has 140 valence electrons. The van der Waals surface area contributed by atoms with E-state index in [1.54, 1.807) is 36.4 Å². The van der Waals surface area contributed by atoms with Gasteiger partial charge in [-0.05, 0) is 69.5 Å². The van der Waals surface area contributed by atoms with Gasteiger partial charge in [0.1, 0.15) is 23.6 Å².